The van der Waals surface area contributed by atoms with Crippen molar-refractivity contribution in [2.75, 3.05) is 0 Å². The molecule has 0 bridgehead atoms. The lowest BCUT2D eigenvalue weighted by Crippen LogP contribution is -2.19. The third-order valence-corrected chi connectivity index (χ3v) is 1.86. The van der Waals surface area contributed by atoms with E-state index in [0.717, 1.165) is 5.56 Å². The molecule has 0 saturated carbocycles. The molecule has 1 nitrogen and oxygen atoms in total. The zero-order chi connectivity index (χ0) is 9.73. The lowest BCUT2D eigenvalue weighted by atomic mass is 10.0. The Morgan fingerprint density at radius 3 is 2.85 bits per heavy atom. The van der Waals surface area contributed by atoms with Gasteiger partial charge in [-0.2, -0.15) is 0 Å². The summed E-state index contributed by atoms with van der Waals surface area (Å²) in [7, 11) is 0. The van der Waals surface area contributed by atoms with E-state index >= 15 is 0 Å². The van der Waals surface area contributed by atoms with Crippen LogP contribution in [0.5, 0.6) is 0 Å². The fourth-order valence-corrected chi connectivity index (χ4v) is 0.761. The van der Waals surface area contributed by atoms with Gasteiger partial charge in [0.2, 0.25) is 0 Å². The van der Waals surface area contributed by atoms with Crippen LogP contribution in [0.15, 0.2) is 24.3 Å². The molecule has 0 aliphatic carbocycles. The topological polar surface area (TPSA) is 20.2 Å². The molecule has 1 heteroatoms. The summed E-state index contributed by atoms with van der Waals surface area (Å²) in [4.78, 5) is 0. The Labute approximate surface area is 79.4 Å². The Morgan fingerprint density at radius 2 is 2.31 bits per heavy atom. The van der Waals surface area contributed by atoms with E-state index in [1.165, 1.54) is 0 Å². The summed E-state index contributed by atoms with van der Waals surface area (Å²) in [6.45, 7) is 3.62. The molecule has 1 radical (unpaired) electrons. The summed E-state index contributed by atoms with van der Waals surface area (Å²) in [5.74, 6) is 5.68. The van der Waals surface area contributed by atoms with Crippen LogP contribution < -0.4 is 0 Å². The third kappa shape index (κ3) is 3.31. The molecule has 0 heterocycles. The van der Waals surface area contributed by atoms with Crippen LogP contribution in [0.4, 0.5) is 0 Å². The van der Waals surface area contributed by atoms with E-state index < -0.39 is 5.60 Å². The van der Waals surface area contributed by atoms with E-state index in [0.29, 0.717) is 6.42 Å². The van der Waals surface area contributed by atoms with E-state index in [9.17, 15) is 5.11 Å². The molecule has 1 unspecified atom stereocenters. The Hall–Kier alpha value is -1.26. The molecule has 1 aromatic rings. The van der Waals surface area contributed by atoms with Gasteiger partial charge in [-0.15, -0.1) is 0 Å². The van der Waals surface area contributed by atoms with Crippen LogP contribution in [-0.4, -0.2) is 10.7 Å². The molecule has 1 atom stereocenters. The van der Waals surface area contributed by atoms with Crippen LogP contribution in [0.25, 0.3) is 0 Å². The van der Waals surface area contributed by atoms with E-state index in [4.69, 9.17) is 0 Å². The smallest absolute Gasteiger partial charge is 0.122 e. The van der Waals surface area contributed by atoms with E-state index in [1.54, 1.807) is 6.92 Å². The molecule has 0 aromatic heterocycles. The van der Waals surface area contributed by atoms with Gasteiger partial charge < -0.3 is 5.11 Å². The van der Waals surface area contributed by atoms with Gasteiger partial charge in [-0.05, 0) is 25.5 Å². The second-order valence-electron chi connectivity index (χ2n) is 3.15. The normalized spacial score (nSPS) is 14.1. The fourth-order valence-electron chi connectivity index (χ4n) is 0.761. The number of rotatable bonds is 1. The van der Waals surface area contributed by atoms with Gasteiger partial charge in [-0.1, -0.05) is 37.0 Å². The van der Waals surface area contributed by atoms with Crippen molar-refractivity contribution in [3.63, 3.8) is 0 Å². The summed E-state index contributed by atoms with van der Waals surface area (Å²) in [6.07, 6.45) is 0.632. The molecular formula is C12H13O. The van der Waals surface area contributed by atoms with Gasteiger partial charge in [-0.25, -0.2) is 0 Å². The Morgan fingerprint density at radius 1 is 1.54 bits per heavy atom. The minimum absolute atomic E-state index is 0.632. The molecule has 0 aliphatic heterocycles. The van der Waals surface area contributed by atoms with Crippen LogP contribution in [-0.2, 0) is 0 Å². The highest BCUT2D eigenvalue weighted by Gasteiger charge is 2.11. The maximum Gasteiger partial charge on any atom is 0.122 e. The Balaban J connectivity index is 2.79. The molecular weight excluding hydrogens is 160 g/mol. The molecule has 67 valence electrons. The van der Waals surface area contributed by atoms with Crippen molar-refractivity contribution in [2.45, 2.75) is 25.9 Å². The van der Waals surface area contributed by atoms with Crippen molar-refractivity contribution >= 4 is 0 Å². The quantitative estimate of drug-likeness (QED) is 0.644. The second kappa shape index (κ2) is 4.11. The molecule has 1 rings (SSSR count). The molecule has 0 aliphatic rings. The van der Waals surface area contributed by atoms with Crippen LogP contribution in [0.3, 0.4) is 0 Å². The van der Waals surface area contributed by atoms with Crippen LogP contribution in [0.2, 0.25) is 0 Å². The first kappa shape index (κ1) is 9.83. The largest absolute Gasteiger partial charge is 0.378 e. The summed E-state index contributed by atoms with van der Waals surface area (Å²) in [5.41, 5.74) is -0.0693. The van der Waals surface area contributed by atoms with Gasteiger partial charge in [-0.3, -0.25) is 0 Å². The monoisotopic (exact) mass is 173 g/mol. The average Bonchev–Trinajstić information content (AvgIpc) is 2.17. The van der Waals surface area contributed by atoms with Crippen molar-refractivity contribution in [2.24, 2.45) is 0 Å². The summed E-state index contributed by atoms with van der Waals surface area (Å²) < 4.78 is 0. The van der Waals surface area contributed by atoms with Crippen molar-refractivity contribution in [3.8, 4) is 11.8 Å². The molecule has 13 heavy (non-hydrogen) atoms. The Bertz CT molecular complexity index is 314. The van der Waals surface area contributed by atoms with Crippen LogP contribution >= 0.6 is 0 Å². The summed E-state index contributed by atoms with van der Waals surface area (Å²) in [6, 6.07) is 10.5. The van der Waals surface area contributed by atoms with Crippen molar-refractivity contribution < 1.29 is 5.11 Å². The molecule has 1 N–H and O–H groups in total. The minimum atomic E-state index is -0.885. The predicted molar refractivity (Wildman–Crippen MR) is 53.1 cm³/mol. The molecule has 0 amide bonds. The van der Waals surface area contributed by atoms with E-state index in [2.05, 4.69) is 17.9 Å². The van der Waals surface area contributed by atoms with Crippen LogP contribution in [0.1, 0.15) is 25.8 Å². The maximum absolute atomic E-state index is 9.60. The minimum Gasteiger partial charge on any atom is -0.378 e. The van der Waals surface area contributed by atoms with E-state index in [1.807, 2.05) is 31.2 Å². The second-order valence-corrected chi connectivity index (χ2v) is 3.15. The van der Waals surface area contributed by atoms with Crippen LogP contribution in [0, 0.1) is 17.9 Å². The lowest BCUT2D eigenvalue weighted by molar-refractivity contribution is 0.118. The first-order valence-corrected chi connectivity index (χ1v) is 4.36. The summed E-state index contributed by atoms with van der Waals surface area (Å²) >= 11 is 0. The zero-order valence-corrected chi connectivity index (χ0v) is 7.96. The third-order valence-electron chi connectivity index (χ3n) is 1.86. The van der Waals surface area contributed by atoms with E-state index in [-0.39, 0.29) is 0 Å². The first-order chi connectivity index (χ1) is 6.14. The first-order valence-electron chi connectivity index (χ1n) is 4.36. The van der Waals surface area contributed by atoms with Crippen molar-refractivity contribution in [1.29, 1.82) is 0 Å². The van der Waals surface area contributed by atoms with Gasteiger partial charge in [0.1, 0.15) is 5.60 Å². The standard InChI is InChI=1S/C12H13O/c1-3-12(2,13)10-9-11-7-5-4-6-8-11/h4-7,13H,3H2,1-2H3. The highest BCUT2D eigenvalue weighted by Crippen LogP contribution is 2.06. The molecule has 0 spiro atoms. The number of benzene rings is 1. The number of hydrogen-bond donors (Lipinski definition) is 1. The highest BCUT2D eigenvalue weighted by molar-refractivity contribution is 5.34. The predicted octanol–water partition coefficient (Wildman–Crippen LogP) is 2.00. The van der Waals surface area contributed by atoms with Gasteiger partial charge in [0.25, 0.3) is 0 Å². The molecule has 0 fully saturated rings. The van der Waals surface area contributed by atoms with Gasteiger partial charge >= 0.3 is 0 Å². The zero-order valence-electron chi connectivity index (χ0n) is 7.96. The maximum atomic E-state index is 9.60. The number of hydrogen-bond acceptors (Lipinski definition) is 1. The Kier molecular flexibility index (Phi) is 3.11. The molecule has 1 aromatic carbocycles. The highest BCUT2D eigenvalue weighted by atomic mass is 16.3. The van der Waals surface area contributed by atoms with Gasteiger partial charge in [0.15, 0.2) is 0 Å². The van der Waals surface area contributed by atoms with Gasteiger partial charge in [0, 0.05) is 5.56 Å². The fraction of sp³-hybridized carbons (Fsp3) is 0.333. The van der Waals surface area contributed by atoms with Crippen molar-refractivity contribution in [1.82, 2.24) is 0 Å². The average molecular weight is 173 g/mol. The summed E-state index contributed by atoms with van der Waals surface area (Å²) in [5, 5.41) is 9.60. The molecule has 0 saturated heterocycles. The van der Waals surface area contributed by atoms with Gasteiger partial charge in [0.05, 0.1) is 0 Å². The van der Waals surface area contributed by atoms with Crippen molar-refractivity contribution in [3.05, 3.63) is 35.9 Å². The lowest BCUT2D eigenvalue weighted by Gasteiger charge is -2.11. The SMILES string of the molecule is CCC(C)(O)C#Cc1[c]cccc1. The number of aliphatic hydroxyl groups is 1.